The summed E-state index contributed by atoms with van der Waals surface area (Å²) in [5.74, 6) is 0.498. The molecule has 1 amide bonds. The molecular formula is C17H27N3O. The van der Waals surface area contributed by atoms with Gasteiger partial charge in [0.05, 0.1) is 0 Å². The second-order valence-electron chi connectivity index (χ2n) is 6.46. The van der Waals surface area contributed by atoms with Gasteiger partial charge in [0.25, 0.3) is 0 Å². The smallest absolute Gasteiger partial charge is 0.242 e. The fourth-order valence-corrected chi connectivity index (χ4v) is 2.82. The molecule has 0 bridgehead atoms. The first-order chi connectivity index (χ1) is 9.99. The van der Waals surface area contributed by atoms with Crippen LogP contribution in [-0.2, 0) is 11.2 Å². The van der Waals surface area contributed by atoms with Crippen LogP contribution in [0.3, 0.4) is 0 Å². The summed E-state index contributed by atoms with van der Waals surface area (Å²) in [6.45, 7) is 6.01. The Morgan fingerprint density at radius 3 is 2.76 bits per heavy atom. The van der Waals surface area contributed by atoms with E-state index in [9.17, 15) is 4.79 Å². The Bertz CT molecular complexity index is 485. The first-order valence-electron chi connectivity index (χ1n) is 7.75. The van der Waals surface area contributed by atoms with Crippen molar-refractivity contribution < 1.29 is 4.79 Å². The summed E-state index contributed by atoms with van der Waals surface area (Å²) in [7, 11) is 4.07. The highest BCUT2D eigenvalue weighted by Crippen LogP contribution is 2.23. The summed E-state index contributed by atoms with van der Waals surface area (Å²) >= 11 is 0. The molecule has 0 saturated heterocycles. The zero-order valence-electron chi connectivity index (χ0n) is 13.5. The van der Waals surface area contributed by atoms with Gasteiger partial charge in [-0.3, -0.25) is 4.79 Å². The van der Waals surface area contributed by atoms with E-state index >= 15 is 0 Å². The molecule has 4 nitrogen and oxygen atoms in total. The van der Waals surface area contributed by atoms with E-state index in [-0.39, 0.29) is 18.0 Å². The first kappa shape index (κ1) is 16.0. The van der Waals surface area contributed by atoms with Crippen LogP contribution in [0.15, 0.2) is 24.3 Å². The minimum absolute atomic E-state index is 0.0858. The topological polar surface area (TPSA) is 44.4 Å². The van der Waals surface area contributed by atoms with E-state index in [4.69, 9.17) is 0 Å². The number of hydrogen-bond donors (Lipinski definition) is 2. The van der Waals surface area contributed by atoms with Gasteiger partial charge in [0.2, 0.25) is 5.91 Å². The molecule has 1 heterocycles. The monoisotopic (exact) mass is 289 g/mol. The summed E-state index contributed by atoms with van der Waals surface area (Å²) < 4.78 is 0. The molecule has 4 heteroatoms. The van der Waals surface area contributed by atoms with Gasteiger partial charge < -0.3 is 15.5 Å². The van der Waals surface area contributed by atoms with Crippen molar-refractivity contribution in [2.45, 2.75) is 32.4 Å². The van der Waals surface area contributed by atoms with Gasteiger partial charge in [-0.25, -0.2) is 0 Å². The minimum atomic E-state index is -0.224. The Balaban J connectivity index is 2.10. The first-order valence-corrected chi connectivity index (χ1v) is 7.75. The molecular weight excluding hydrogens is 262 g/mol. The Labute approximate surface area is 127 Å². The zero-order valence-corrected chi connectivity index (χ0v) is 13.5. The molecule has 0 aromatic heterocycles. The van der Waals surface area contributed by atoms with Crippen molar-refractivity contribution in [2.24, 2.45) is 5.92 Å². The van der Waals surface area contributed by atoms with Gasteiger partial charge in [-0.1, -0.05) is 38.1 Å². The Kier molecular flexibility index (Phi) is 5.37. The molecule has 1 aromatic carbocycles. The Morgan fingerprint density at radius 1 is 1.38 bits per heavy atom. The molecule has 2 unspecified atom stereocenters. The predicted octanol–water partition coefficient (Wildman–Crippen LogP) is 1.58. The van der Waals surface area contributed by atoms with Crippen molar-refractivity contribution in [3.63, 3.8) is 0 Å². The summed E-state index contributed by atoms with van der Waals surface area (Å²) in [5, 5.41) is 6.56. The minimum Gasteiger partial charge on any atom is -0.350 e. The van der Waals surface area contributed by atoms with Gasteiger partial charge >= 0.3 is 0 Å². The normalized spacial score (nSPS) is 19.4. The van der Waals surface area contributed by atoms with Gasteiger partial charge in [0.15, 0.2) is 0 Å². The average Bonchev–Trinajstić information content (AvgIpc) is 2.45. The lowest BCUT2D eigenvalue weighted by molar-refractivity contribution is -0.124. The summed E-state index contributed by atoms with van der Waals surface area (Å²) in [6.07, 6.45) is 0.991. The molecule has 0 aliphatic carbocycles. The van der Waals surface area contributed by atoms with Crippen LogP contribution in [0.4, 0.5) is 0 Å². The van der Waals surface area contributed by atoms with E-state index in [1.165, 1.54) is 5.56 Å². The molecule has 1 aliphatic heterocycles. The van der Waals surface area contributed by atoms with Crippen molar-refractivity contribution in [2.75, 3.05) is 27.2 Å². The van der Waals surface area contributed by atoms with Crippen molar-refractivity contribution in [1.82, 2.24) is 15.5 Å². The van der Waals surface area contributed by atoms with Gasteiger partial charge in [0, 0.05) is 19.1 Å². The van der Waals surface area contributed by atoms with Crippen LogP contribution in [-0.4, -0.2) is 44.0 Å². The van der Waals surface area contributed by atoms with E-state index in [2.05, 4.69) is 41.5 Å². The third kappa shape index (κ3) is 4.05. The fraction of sp³-hybridized carbons (Fsp3) is 0.588. The summed E-state index contributed by atoms with van der Waals surface area (Å²) in [4.78, 5) is 14.8. The zero-order chi connectivity index (χ0) is 15.4. The molecule has 0 spiro atoms. The van der Waals surface area contributed by atoms with E-state index < -0.39 is 0 Å². The predicted molar refractivity (Wildman–Crippen MR) is 86.2 cm³/mol. The number of benzene rings is 1. The number of carbonyl (C=O) groups is 1. The molecule has 21 heavy (non-hydrogen) atoms. The van der Waals surface area contributed by atoms with E-state index in [0.29, 0.717) is 5.92 Å². The molecule has 1 aromatic rings. The van der Waals surface area contributed by atoms with Crippen molar-refractivity contribution >= 4 is 5.91 Å². The number of likely N-dealkylation sites (N-methyl/N-ethyl adjacent to an activating group) is 1. The van der Waals surface area contributed by atoms with Crippen molar-refractivity contribution in [3.05, 3.63) is 35.4 Å². The fourth-order valence-electron chi connectivity index (χ4n) is 2.82. The Morgan fingerprint density at radius 2 is 2.10 bits per heavy atom. The lowest BCUT2D eigenvalue weighted by Gasteiger charge is -2.30. The third-order valence-electron chi connectivity index (χ3n) is 4.07. The van der Waals surface area contributed by atoms with Crippen molar-refractivity contribution in [3.8, 4) is 0 Å². The number of carbonyl (C=O) groups excluding carboxylic acids is 1. The molecule has 2 rings (SSSR count). The maximum Gasteiger partial charge on any atom is 0.242 e. The van der Waals surface area contributed by atoms with Crippen LogP contribution in [0.1, 0.15) is 31.0 Å². The molecule has 0 radical (unpaired) electrons. The molecule has 116 valence electrons. The van der Waals surface area contributed by atoms with Crippen molar-refractivity contribution in [1.29, 1.82) is 0 Å². The second-order valence-corrected chi connectivity index (χ2v) is 6.46. The van der Waals surface area contributed by atoms with Gasteiger partial charge in [0.1, 0.15) is 6.04 Å². The van der Waals surface area contributed by atoms with Crippen LogP contribution in [0, 0.1) is 5.92 Å². The number of hydrogen-bond acceptors (Lipinski definition) is 3. The lowest BCUT2D eigenvalue weighted by atomic mass is 9.93. The number of nitrogens with zero attached hydrogens (tertiary/aromatic N) is 1. The maximum atomic E-state index is 12.7. The standard InChI is InChI=1S/C17H27N3O/c1-12(2)15(11-20(3)4)19-17(21)16-14-8-6-5-7-13(14)9-10-18-16/h5-8,12,15-16,18H,9-11H2,1-4H3,(H,19,21). The number of amides is 1. The molecule has 2 atom stereocenters. The van der Waals surface area contributed by atoms with E-state index in [1.807, 2.05) is 26.2 Å². The summed E-state index contributed by atoms with van der Waals surface area (Å²) in [5.41, 5.74) is 2.40. The quantitative estimate of drug-likeness (QED) is 0.865. The molecule has 1 aliphatic rings. The number of fused-ring (bicyclic) bond motifs is 1. The SMILES string of the molecule is CC(C)C(CN(C)C)NC(=O)C1NCCc2ccccc21. The average molecular weight is 289 g/mol. The molecule has 0 fully saturated rings. The van der Waals surface area contributed by atoms with Crippen LogP contribution < -0.4 is 10.6 Å². The van der Waals surface area contributed by atoms with E-state index in [1.54, 1.807) is 0 Å². The van der Waals surface area contributed by atoms with Gasteiger partial charge in [-0.05, 0) is 37.6 Å². The third-order valence-corrected chi connectivity index (χ3v) is 4.07. The molecule has 2 N–H and O–H groups in total. The maximum absolute atomic E-state index is 12.7. The second kappa shape index (κ2) is 7.05. The van der Waals surface area contributed by atoms with E-state index in [0.717, 1.165) is 25.1 Å². The molecule has 0 saturated carbocycles. The van der Waals surface area contributed by atoms with Crippen LogP contribution in [0.25, 0.3) is 0 Å². The van der Waals surface area contributed by atoms with Crippen LogP contribution >= 0.6 is 0 Å². The Hall–Kier alpha value is -1.39. The largest absolute Gasteiger partial charge is 0.350 e. The highest BCUT2D eigenvalue weighted by Gasteiger charge is 2.28. The van der Waals surface area contributed by atoms with Crippen LogP contribution in [0.2, 0.25) is 0 Å². The number of rotatable bonds is 5. The highest BCUT2D eigenvalue weighted by molar-refractivity contribution is 5.84. The van der Waals surface area contributed by atoms with Crippen LogP contribution in [0.5, 0.6) is 0 Å². The highest BCUT2D eigenvalue weighted by atomic mass is 16.2. The lowest BCUT2D eigenvalue weighted by Crippen LogP contribution is -2.50. The number of nitrogens with one attached hydrogen (secondary N) is 2. The van der Waals surface area contributed by atoms with Gasteiger partial charge in [-0.15, -0.1) is 0 Å². The summed E-state index contributed by atoms with van der Waals surface area (Å²) in [6, 6.07) is 8.17. The van der Waals surface area contributed by atoms with Gasteiger partial charge in [-0.2, -0.15) is 0 Å².